The van der Waals surface area contributed by atoms with Crippen molar-refractivity contribution in [2.45, 2.75) is 12.8 Å². The lowest BCUT2D eigenvalue weighted by atomic mass is 10.2. The third-order valence-electron chi connectivity index (χ3n) is 2.66. The molecule has 0 saturated heterocycles. The highest BCUT2D eigenvalue weighted by atomic mass is 127. The van der Waals surface area contributed by atoms with E-state index in [-0.39, 0.29) is 31.9 Å². The molecule has 0 saturated carbocycles. The minimum atomic E-state index is -4.04. The number of halogens is 3. The number of carbonyl (C=O) groups is 2. The summed E-state index contributed by atoms with van der Waals surface area (Å²) in [4.78, 5) is 23.6. The average Bonchev–Trinajstić information content (AvgIpc) is 2.46. The molecule has 0 unspecified atom stereocenters. The molecule has 1 rings (SSSR count). The van der Waals surface area contributed by atoms with Gasteiger partial charge in [0.2, 0.25) is 0 Å². The Morgan fingerprint density at radius 2 is 1.88 bits per heavy atom. The second kappa shape index (κ2) is 10.4. The van der Waals surface area contributed by atoms with Crippen LogP contribution in [-0.2, 0) is 19.6 Å². The minimum Gasteiger partial charge on any atom is -0.466 e. The fourth-order valence-corrected chi connectivity index (χ4v) is 4.48. The maximum absolute atomic E-state index is 12.2. The topological polar surface area (TPSA) is 110 Å². The van der Waals surface area contributed by atoms with Crippen LogP contribution in [0.2, 0.25) is 0 Å². The van der Waals surface area contributed by atoms with Crippen LogP contribution in [0.4, 0.5) is 0 Å². The Morgan fingerprint density at radius 3 is 2.50 bits per heavy atom. The number of amides is 1. The fourth-order valence-electron chi connectivity index (χ4n) is 1.59. The summed E-state index contributed by atoms with van der Waals surface area (Å²) in [7, 11) is -4.04. The van der Waals surface area contributed by atoms with Crippen molar-refractivity contribution in [3.8, 4) is 0 Å². The summed E-state index contributed by atoms with van der Waals surface area (Å²) < 4.78 is 37.1. The zero-order valence-electron chi connectivity index (χ0n) is 12.2. The SMILES string of the molecule is O=C(CCNC(=O)c1cc(I)cc(I)c1I)OCCCS(=O)(=O)O. The Labute approximate surface area is 180 Å². The van der Waals surface area contributed by atoms with Crippen molar-refractivity contribution >= 4 is 89.8 Å². The van der Waals surface area contributed by atoms with Crippen molar-refractivity contribution in [1.82, 2.24) is 5.32 Å². The first-order chi connectivity index (χ1) is 11.1. The van der Waals surface area contributed by atoms with Crippen molar-refractivity contribution in [2.24, 2.45) is 0 Å². The van der Waals surface area contributed by atoms with E-state index in [0.717, 1.165) is 10.7 Å². The second-order valence-electron chi connectivity index (χ2n) is 4.62. The lowest BCUT2D eigenvalue weighted by Crippen LogP contribution is -2.27. The monoisotopic (exact) mass is 693 g/mol. The van der Waals surface area contributed by atoms with Crippen LogP contribution in [0, 0.1) is 10.7 Å². The first-order valence-electron chi connectivity index (χ1n) is 6.63. The fraction of sp³-hybridized carbons (Fsp3) is 0.385. The van der Waals surface area contributed by atoms with Crippen LogP contribution in [0.25, 0.3) is 0 Å². The largest absolute Gasteiger partial charge is 0.466 e. The third kappa shape index (κ3) is 8.57. The predicted octanol–water partition coefficient (Wildman–Crippen LogP) is 2.44. The summed E-state index contributed by atoms with van der Waals surface area (Å²) in [6.07, 6.45) is 0.00519. The van der Waals surface area contributed by atoms with E-state index in [1.165, 1.54) is 0 Å². The van der Waals surface area contributed by atoms with E-state index in [9.17, 15) is 18.0 Å². The number of nitrogens with one attached hydrogen (secondary N) is 1. The lowest BCUT2D eigenvalue weighted by Gasteiger charge is -2.09. The molecule has 0 aliphatic heterocycles. The first kappa shape index (κ1) is 22.3. The molecule has 1 aromatic carbocycles. The van der Waals surface area contributed by atoms with Gasteiger partial charge in [-0.2, -0.15) is 8.42 Å². The van der Waals surface area contributed by atoms with Crippen LogP contribution in [0.5, 0.6) is 0 Å². The highest BCUT2D eigenvalue weighted by Gasteiger charge is 2.14. The van der Waals surface area contributed by atoms with Crippen LogP contribution in [0.3, 0.4) is 0 Å². The Morgan fingerprint density at radius 1 is 1.21 bits per heavy atom. The van der Waals surface area contributed by atoms with Crippen molar-refractivity contribution in [3.05, 3.63) is 28.4 Å². The molecule has 1 aromatic rings. The molecule has 7 nitrogen and oxygen atoms in total. The molecule has 0 bridgehead atoms. The number of esters is 1. The van der Waals surface area contributed by atoms with Crippen molar-refractivity contribution in [1.29, 1.82) is 0 Å². The number of benzene rings is 1. The van der Waals surface area contributed by atoms with E-state index < -0.39 is 21.8 Å². The Bertz CT molecular complexity index is 723. The van der Waals surface area contributed by atoms with Crippen LogP contribution < -0.4 is 5.32 Å². The molecule has 11 heteroatoms. The van der Waals surface area contributed by atoms with Gasteiger partial charge in [-0.05, 0) is 86.3 Å². The molecule has 0 radical (unpaired) electrons. The highest BCUT2D eigenvalue weighted by Crippen LogP contribution is 2.22. The van der Waals surface area contributed by atoms with Crippen LogP contribution in [0.15, 0.2) is 12.1 Å². The number of rotatable bonds is 8. The summed E-state index contributed by atoms with van der Waals surface area (Å²) in [5, 5.41) is 2.65. The zero-order valence-corrected chi connectivity index (χ0v) is 19.5. The van der Waals surface area contributed by atoms with Crippen LogP contribution in [0.1, 0.15) is 23.2 Å². The van der Waals surface area contributed by atoms with Gasteiger partial charge in [-0.25, -0.2) is 0 Å². The molecule has 0 aromatic heterocycles. The van der Waals surface area contributed by atoms with Gasteiger partial charge in [-0.1, -0.05) is 0 Å². The van der Waals surface area contributed by atoms with Gasteiger partial charge in [0.1, 0.15) is 0 Å². The van der Waals surface area contributed by atoms with Gasteiger partial charge in [-0.3, -0.25) is 14.1 Å². The molecule has 0 fully saturated rings. The molecule has 134 valence electrons. The highest BCUT2D eigenvalue weighted by molar-refractivity contribution is 14.1. The maximum atomic E-state index is 12.2. The van der Waals surface area contributed by atoms with Gasteiger partial charge >= 0.3 is 5.97 Å². The second-order valence-corrected chi connectivity index (χ2v) is 9.67. The van der Waals surface area contributed by atoms with Gasteiger partial charge < -0.3 is 10.1 Å². The lowest BCUT2D eigenvalue weighted by molar-refractivity contribution is -0.143. The molecule has 2 N–H and O–H groups in total. The van der Waals surface area contributed by atoms with Crippen molar-refractivity contribution < 1.29 is 27.3 Å². The molecule has 0 spiro atoms. The van der Waals surface area contributed by atoms with Gasteiger partial charge in [-0.15, -0.1) is 0 Å². The molecule has 24 heavy (non-hydrogen) atoms. The van der Waals surface area contributed by atoms with E-state index in [1.807, 2.05) is 6.07 Å². The van der Waals surface area contributed by atoms with E-state index in [4.69, 9.17) is 9.29 Å². The van der Waals surface area contributed by atoms with Gasteiger partial charge in [0.05, 0.1) is 24.3 Å². The summed E-state index contributed by atoms with van der Waals surface area (Å²) in [5.74, 6) is -1.27. The maximum Gasteiger partial charge on any atom is 0.307 e. The molecule has 0 aliphatic carbocycles. The molecule has 0 heterocycles. The molecule has 0 aliphatic rings. The quantitative estimate of drug-likeness (QED) is 0.143. The van der Waals surface area contributed by atoms with E-state index >= 15 is 0 Å². The van der Waals surface area contributed by atoms with Gasteiger partial charge in [0.15, 0.2) is 0 Å². The molecular formula is C13H14I3NO6S. The van der Waals surface area contributed by atoms with Crippen LogP contribution in [-0.4, -0.2) is 43.8 Å². The Hall–Kier alpha value is 0.260. The van der Waals surface area contributed by atoms with E-state index in [0.29, 0.717) is 5.56 Å². The summed E-state index contributed by atoms with van der Waals surface area (Å²) >= 11 is 6.38. The Balaban J connectivity index is 2.37. The van der Waals surface area contributed by atoms with E-state index in [2.05, 4.69) is 73.1 Å². The predicted molar refractivity (Wildman–Crippen MR) is 114 cm³/mol. The van der Waals surface area contributed by atoms with Gasteiger partial charge in [0, 0.05) is 17.3 Å². The number of ether oxygens (including phenoxy) is 1. The summed E-state index contributed by atoms with van der Waals surface area (Å²) in [5.41, 5.74) is 0.549. The molecule has 1 amide bonds. The van der Waals surface area contributed by atoms with Crippen LogP contribution >= 0.6 is 67.8 Å². The zero-order chi connectivity index (χ0) is 18.3. The number of hydrogen-bond donors (Lipinski definition) is 2. The first-order valence-corrected chi connectivity index (χ1v) is 11.5. The summed E-state index contributed by atoms with van der Waals surface area (Å²) in [6, 6.07) is 3.73. The van der Waals surface area contributed by atoms with E-state index in [1.54, 1.807) is 6.07 Å². The number of hydrogen-bond acceptors (Lipinski definition) is 5. The number of carbonyl (C=O) groups excluding carboxylic acids is 2. The van der Waals surface area contributed by atoms with Gasteiger partial charge in [0.25, 0.3) is 16.0 Å². The van der Waals surface area contributed by atoms with Crippen molar-refractivity contribution in [3.63, 3.8) is 0 Å². The Kier molecular flexibility index (Phi) is 9.68. The third-order valence-corrected chi connectivity index (χ3v) is 7.13. The minimum absolute atomic E-state index is 0.0186. The summed E-state index contributed by atoms with van der Waals surface area (Å²) in [6.45, 7) is 0.0215. The molecular weight excluding hydrogens is 679 g/mol. The van der Waals surface area contributed by atoms with Crippen molar-refractivity contribution in [2.75, 3.05) is 18.9 Å². The normalized spacial score (nSPS) is 11.2. The standard InChI is InChI=1S/C13H14I3NO6S/c14-8-6-9(12(16)10(15)7-8)13(19)17-3-2-11(18)23-4-1-5-24(20,21)22/h6-7H,1-5H2,(H,17,19)(H,20,21,22). The average molecular weight is 693 g/mol. The smallest absolute Gasteiger partial charge is 0.307 e. The molecule has 0 atom stereocenters.